The summed E-state index contributed by atoms with van der Waals surface area (Å²) in [6.07, 6.45) is 1.23. The monoisotopic (exact) mass is 333 g/mol. The van der Waals surface area contributed by atoms with E-state index < -0.39 is 18.1 Å². The number of benzene rings is 1. The van der Waals surface area contributed by atoms with E-state index >= 15 is 0 Å². The third-order valence-electron chi connectivity index (χ3n) is 4.10. The summed E-state index contributed by atoms with van der Waals surface area (Å²) >= 11 is 0. The van der Waals surface area contributed by atoms with Crippen molar-refractivity contribution in [1.82, 2.24) is 4.90 Å². The molecule has 1 aliphatic rings. The Labute approximate surface area is 140 Å². The molecular formula is C16H23N5O3. The van der Waals surface area contributed by atoms with Crippen molar-refractivity contribution < 1.29 is 14.7 Å². The molecule has 0 unspecified atom stereocenters. The van der Waals surface area contributed by atoms with Crippen LogP contribution in [-0.4, -0.2) is 46.5 Å². The van der Waals surface area contributed by atoms with Gasteiger partial charge >= 0.3 is 5.97 Å². The Kier molecular flexibility index (Phi) is 5.75. The molecular weight excluding hydrogens is 310 g/mol. The summed E-state index contributed by atoms with van der Waals surface area (Å²) in [6.45, 7) is 0.641. The molecule has 1 aromatic carbocycles. The van der Waals surface area contributed by atoms with Gasteiger partial charge in [0.15, 0.2) is 5.96 Å². The fourth-order valence-corrected chi connectivity index (χ4v) is 2.83. The summed E-state index contributed by atoms with van der Waals surface area (Å²) in [5, 5.41) is 9.46. The lowest BCUT2D eigenvalue weighted by Crippen LogP contribution is -2.53. The Bertz CT molecular complexity index is 642. The highest BCUT2D eigenvalue weighted by atomic mass is 16.4. The maximum absolute atomic E-state index is 12.6. The smallest absolute Gasteiger partial charge is 0.326 e. The summed E-state index contributed by atoms with van der Waals surface area (Å²) in [4.78, 5) is 29.4. The predicted octanol–water partition coefficient (Wildman–Crippen LogP) is -0.595. The fraction of sp³-hybridized carbons (Fsp3) is 0.438. The van der Waals surface area contributed by atoms with Gasteiger partial charge in [0.05, 0.1) is 6.04 Å². The number of fused-ring (bicyclic) bond motifs is 1. The van der Waals surface area contributed by atoms with E-state index in [0.717, 1.165) is 11.1 Å². The molecule has 1 aromatic rings. The number of hydrogen-bond donors (Lipinski definition) is 4. The van der Waals surface area contributed by atoms with Gasteiger partial charge < -0.3 is 27.2 Å². The lowest BCUT2D eigenvalue weighted by Gasteiger charge is -2.36. The molecule has 0 aromatic heterocycles. The van der Waals surface area contributed by atoms with E-state index in [9.17, 15) is 14.7 Å². The minimum absolute atomic E-state index is 0.00604. The van der Waals surface area contributed by atoms with Gasteiger partial charge in [0.25, 0.3) is 0 Å². The first kappa shape index (κ1) is 17.7. The van der Waals surface area contributed by atoms with Crippen LogP contribution in [0.4, 0.5) is 0 Å². The number of carbonyl (C=O) groups is 2. The second-order valence-corrected chi connectivity index (χ2v) is 5.85. The van der Waals surface area contributed by atoms with E-state index in [-0.39, 0.29) is 24.8 Å². The van der Waals surface area contributed by atoms with E-state index in [4.69, 9.17) is 17.2 Å². The molecule has 8 heteroatoms. The molecule has 1 amide bonds. The van der Waals surface area contributed by atoms with Crippen molar-refractivity contribution in [3.63, 3.8) is 0 Å². The lowest BCUT2D eigenvalue weighted by molar-refractivity contribution is -0.152. The SMILES string of the molecule is NC(N)=NCCC[C@H](N)C(=O)N1Cc2ccccc2C[C@H]1C(=O)O. The Morgan fingerprint density at radius 3 is 2.58 bits per heavy atom. The van der Waals surface area contributed by atoms with Gasteiger partial charge in [0, 0.05) is 19.5 Å². The normalized spacial score (nSPS) is 17.7. The number of aliphatic carboxylic acids is 1. The summed E-state index contributed by atoms with van der Waals surface area (Å²) in [7, 11) is 0. The topological polar surface area (TPSA) is 148 Å². The number of carbonyl (C=O) groups excluding carboxylic acids is 1. The molecule has 0 saturated carbocycles. The highest BCUT2D eigenvalue weighted by Crippen LogP contribution is 2.24. The molecule has 24 heavy (non-hydrogen) atoms. The standard InChI is InChI=1S/C16H23N5O3/c17-12(6-3-7-20-16(18)19)14(22)21-9-11-5-2-1-4-10(11)8-13(21)15(23)24/h1-2,4-5,12-13H,3,6-9,17H2,(H,23,24)(H4,18,19,20)/t12-,13-/m0/s1. The maximum atomic E-state index is 12.6. The van der Waals surface area contributed by atoms with Crippen LogP contribution >= 0.6 is 0 Å². The second-order valence-electron chi connectivity index (χ2n) is 5.85. The highest BCUT2D eigenvalue weighted by Gasteiger charge is 2.36. The lowest BCUT2D eigenvalue weighted by atomic mass is 9.93. The molecule has 1 aliphatic heterocycles. The molecule has 0 bridgehead atoms. The van der Waals surface area contributed by atoms with Crippen LogP contribution < -0.4 is 17.2 Å². The maximum Gasteiger partial charge on any atom is 0.326 e. The first-order chi connectivity index (χ1) is 11.4. The molecule has 0 saturated heterocycles. The first-order valence-corrected chi connectivity index (χ1v) is 7.81. The average molecular weight is 333 g/mol. The molecule has 8 nitrogen and oxygen atoms in total. The Balaban J connectivity index is 2.06. The number of carboxylic acids is 1. The molecule has 2 atom stereocenters. The van der Waals surface area contributed by atoms with Crippen molar-refractivity contribution in [2.75, 3.05) is 6.54 Å². The summed E-state index contributed by atoms with van der Waals surface area (Å²) in [6, 6.07) is 5.87. The number of hydrogen-bond acceptors (Lipinski definition) is 4. The van der Waals surface area contributed by atoms with Crippen LogP contribution in [0.5, 0.6) is 0 Å². The quantitative estimate of drug-likeness (QED) is 0.310. The van der Waals surface area contributed by atoms with E-state index in [0.29, 0.717) is 19.4 Å². The van der Waals surface area contributed by atoms with Gasteiger partial charge in [-0.05, 0) is 24.0 Å². The third-order valence-corrected chi connectivity index (χ3v) is 4.10. The number of nitrogens with zero attached hydrogens (tertiary/aromatic N) is 2. The largest absolute Gasteiger partial charge is 0.480 e. The van der Waals surface area contributed by atoms with Gasteiger partial charge in [-0.3, -0.25) is 9.79 Å². The van der Waals surface area contributed by atoms with Crippen molar-refractivity contribution in [2.24, 2.45) is 22.2 Å². The summed E-state index contributed by atoms with van der Waals surface area (Å²) < 4.78 is 0. The zero-order valence-electron chi connectivity index (χ0n) is 13.4. The van der Waals surface area contributed by atoms with E-state index in [1.165, 1.54) is 4.90 Å². The molecule has 0 fully saturated rings. The van der Waals surface area contributed by atoms with Crippen LogP contribution in [0.1, 0.15) is 24.0 Å². The minimum Gasteiger partial charge on any atom is -0.480 e. The van der Waals surface area contributed by atoms with E-state index in [2.05, 4.69) is 4.99 Å². The van der Waals surface area contributed by atoms with Gasteiger partial charge in [0.2, 0.25) is 5.91 Å². The van der Waals surface area contributed by atoms with Crippen molar-refractivity contribution in [1.29, 1.82) is 0 Å². The number of nitrogens with two attached hydrogens (primary N) is 3. The van der Waals surface area contributed by atoms with Gasteiger partial charge in [0.1, 0.15) is 6.04 Å². The van der Waals surface area contributed by atoms with Crippen LogP contribution in [0.25, 0.3) is 0 Å². The first-order valence-electron chi connectivity index (χ1n) is 7.81. The highest BCUT2D eigenvalue weighted by molar-refractivity contribution is 5.87. The minimum atomic E-state index is -1.02. The van der Waals surface area contributed by atoms with E-state index in [1.807, 2.05) is 24.3 Å². The van der Waals surface area contributed by atoms with Crippen LogP contribution in [0.3, 0.4) is 0 Å². The average Bonchev–Trinajstić information content (AvgIpc) is 2.56. The molecule has 7 N–H and O–H groups in total. The second kappa shape index (κ2) is 7.78. The van der Waals surface area contributed by atoms with Crippen molar-refractivity contribution in [3.8, 4) is 0 Å². The summed E-state index contributed by atoms with van der Waals surface area (Å²) in [5.74, 6) is -1.39. The zero-order chi connectivity index (χ0) is 17.7. The summed E-state index contributed by atoms with van der Waals surface area (Å²) in [5.41, 5.74) is 18.3. The van der Waals surface area contributed by atoms with Crippen molar-refractivity contribution in [2.45, 2.75) is 37.9 Å². The third kappa shape index (κ3) is 4.23. The number of aliphatic imine (C=N–C) groups is 1. The van der Waals surface area contributed by atoms with Crippen molar-refractivity contribution >= 4 is 17.8 Å². The zero-order valence-corrected chi connectivity index (χ0v) is 13.4. The molecule has 0 radical (unpaired) electrons. The van der Waals surface area contributed by atoms with Crippen LogP contribution in [-0.2, 0) is 22.6 Å². The Morgan fingerprint density at radius 1 is 1.29 bits per heavy atom. The van der Waals surface area contributed by atoms with Crippen LogP contribution in [0.15, 0.2) is 29.3 Å². The molecule has 1 heterocycles. The molecule has 0 spiro atoms. The van der Waals surface area contributed by atoms with Gasteiger partial charge in [-0.25, -0.2) is 4.79 Å². The van der Waals surface area contributed by atoms with E-state index in [1.54, 1.807) is 0 Å². The number of guanidine groups is 1. The number of amides is 1. The van der Waals surface area contributed by atoms with Crippen LogP contribution in [0.2, 0.25) is 0 Å². The van der Waals surface area contributed by atoms with Gasteiger partial charge in [-0.1, -0.05) is 24.3 Å². The van der Waals surface area contributed by atoms with Gasteiger partial charge in [-0.15, -0.1) is 0 Å². The number of carboxylic acid groups (broad SMARTS) is 1. The van der Waals surface area contributed by atoms with Crippen LogP contribution in [0, 0.1) is 0 Å². The van der Waals surface area contributed by atoms with Crippen molar-refractivity contribution in [3.05, 3.63) is 35.4 Å². The molecule has 0 aliphatic carbocycles. The predicted molar refractivity (Wildman–Crippen MR) is 90.0 cm³/mol. The van der Waals surface area contributed by atoms with Gasteiger partial charge in [-0.2, -0.15) is 0 Å². The Hall–Kier alpha value is -2.61. The molecule has 130 valence electrons. The molecule has 2 rings (SSSR count). The Morgan fingerprint density at radius 2 is 1.96 bits per heavy atom. The number of rotatable bonds is 6. The fourth-order valence-electron chi connectivity index (χ4n) is 2.83.